The van der Waals surface area contributed by atoms with Crippen molar-refractivity contribution in [3.8, 4) is 11.5 Å². The monoisotopic (exact) mass is 1430 g/mol. The normalized spacial score (nSPS) is 33.7. The average Bonchev–Trinajstić information content (AvgIpc) is 1.41. The molecule has 0 unspecified atom stereocenters. The molecule has 4 aliphatic carbocycles. The zero-order valence-corrected chi connectivity index (χ0v) is 61.1. The Morgan fingerprint density at radius 1 is 0.520 bits per heavy atom. The molecule has 18 nitrogen and oxygen atoms in total. The Hall–Kier alpha value is -4.74. The van der Waals surface area contributed by atoms with Crippen molar-refractivity contribution < 1.29 is 55.6 Å². The second kappa shape index (κ2) is 29.5. The molecule has 14 rings (SSSR count). The molecule has 12 atom stereocenters. The standard InChI is InChI=1S/2C38H52ClN3O6S/c2*1-26-5-3-13-37(24-43,22-41-15-17-47-18-16-41)33-10-7-30(33)21-42-23-38(14-4-6-28-19-31(39)9-11-32(28)38)25-48-35-12-8-29(20-34(35)42)36(44)40-49(45,46)27(26)2/h2*8-9,11-12,19-20,26-27,30,33,43H,3-7,10,13-18,21-25H2,1-2H3,(H,40,44)/t26-,27+,30-,33+,37+,38-;26-,27+,30-,33+,37-,38-/m00/s1. The van der Waals surface area contributed by atoms with Crippen molar-refractivity contribution in [2.24, 2.45) is 46.3 Å². The molecule has 0 radical (unpaired) electrons. The minimum absolute atomic E-state index is 0.103. The summed E-state index contributed by atoms with van der Waals surface area (Å²) in [5.74, 6) is 1.21. The van der Waals surface area contributed by atoms with Gasteiger partial charge in [0.05, 0.1) is 74.7 Å². The van der Waals surface area contributed by atoms with E-state index in [1.807, 2.05) is 50.2 Å². The quantitative estimate of drug-likeness (QED) is 0.141. The summed E-state index contributed by atoms with van der Waals surface area (Å²) in [4.78, 5) is 36.9. The van der Waals surface area contributed by atoms with Gasteiger partial charge in [0.25, 0.3) is 11.8 Å². The summed E-state index contributed by atoms with van der Waals surface area (Å²) in [6, 6.07) is 23.2. The first kappa shape index (κ1) is 71.6. The van der Waals surface area contributed by atoms with Gasteiger partial charge in [-0.25, -0.2) is 26.3 Å². The Morgan fingerprint density at radius 2 is 0.929 bits per heavy atom. The smallest absolute Gasteiger partial charge is 0.264 e. The van der Waals surface area contributed by atoms with Gasteiger partial charge in [-0.05, 0) is 222 Å². The number of anilines is 2. The molecular formula is C76H104Cl2N6O12S2. The number of fused-ring (bicyclic) bond motifs is 8. The maximum atomic E-state index is 13.6. The number of nitrogens with one attached hydrogen (secondary N) is 2. The van der Waals surface area contributed by atoms with Crippen molar-refractivity contribution >= 4 is 66.4 Å². The summed E-state index contributed by atoms with van der Waals surface area (Å²) in [5.41, 5.74) is 6.20. The van der Waals surface area contributed by atoms with Crippen LogP contribution in [0.5, 0.6) is 11.5 Å². The molecule has 536 valence electrons. The number of ether oxygens (including phenoxy) is 4. The number of hydrogen-bond acceptors (Lipinski definition) is 16. The number of sulfonamides is 2. The number of amides is 2. The first-order chi connectivity index (χ1) is 47.0. The number of rotatable bonds is 6. The van der Waals surface area contributed by atoms with Gasteiger partial charge in [-0.3, -0.25) is 19.4 Å². The van der Waals surface area contributed by atoms with E-state index in [2.05, 4.69) is 53.3 Å². The highest BCUT2D eigenvalue weighted by atomic mass is 35.5. The average molecular weight is 1430 g/mol. The minimum Gasteiger partial charge on any atom is -0.490 e. The van der Waals surface area contributed by atoms with Gasteiger partial charge < -0.3 is 39.0 Å². The van der Waals surface area contributed by atoms with Crippen LogP contribution in [0.3, 0.4) is 0 Å². The molecule has 6 heterocycles. The van der Waals surface area contributed by atoms with Gasteiger partial charge >= 0.3 is 0 Å². The van der Waals surface area contributed by atoms with Crippen LogP contribution in [0.15, 0.2) is 72.8 Å². The molecule has 0 aromatic heterocycles. The summed E-state index contributed by atoms with van der Waals surface area (Å²) < 4.78 is 83.6. The third kappa shape index (κ3) is 14.7. The molecule has 2 saturated heterocycles. The Labute approximate surface area is 591 Å². The maximum Gasteiger partial charge on any atom is 0.264 e. The number of aryl methyl sites for hydroxylation is 2. The van der Waals surface area contributed by atoms with Crippen molar-refractivity contribution in [2.45, 2.75) is 152 Å². The van der Waals surface area contributed by atoms with Crippen LogP contribution in [0.2, 0.25) is 10.0 Å². The van der Waals surface area contributed by atoms with Crippen LogP contribution in [0, 0.1) is 46.3 Å². The van der Waals surface area contributed by atoms with Crippen molar-refractivity contribution in [1.82, 2.24) is 19.2 Å². The van der Waals surface area contributed by atoms with E-state index >= 15 is 0 Å². The summed E-state index contributed by atoms with van der Waals surface area (Å²) in [5, 5.41) is 22.7. The highest BCUT2D eigenvalue weighted by molar-refractivity contribution is 7.91. The van der Waals surface area contributed by atoms with Crippen LogP contribution < -0.4 is 28.7 Å². The molecule has 4 aromatic carbocycles. The lowest BCUT2D eigenvalue weighted by Crippen LogP contribution is -2.55. The summed E-state index contributed by atoms with van der Waals surface area (Å²) in [6.07, 6.45) is 14.9. The van der Waals surface area contributed by atoms with E-state index < -0.39 is 42.4 Å². The van der Waals surface area contributed by atoms with Crippen LogP contribution in [0.1, 0.15) is 161 Å². The van der Waals surface area contributed by atoms with Gasteiger partial charge in [0.2, 0.25) is 20.0 Å². The topological polar surface area (TPSA) is 217 Å². The predicted molar refractivity (Wildman–Crippen MR) is 384 cm³/mol. The molecule has 4 N–H and O–H groups in total. The number of halogens is 2. The molecule has 98 heavy (non-hydrogen) atoms. The third-order valence-corrected chi connectivity index (χ3v) is 29.8. The number of aliphatic hydroxyl groups excluding tert-OH is 2. The zero-order chi connectivity index (χ0) is 68.8. The van der Waals surface area contributed by atoms with Crippen LogP contribution in [0.4, 0.5) is 11.4 Å². The van der Waals surface area contributed by atoms with Crippen molar-refractivity contribution in [3.05, 3.63) is 116 Å². The maximum absolute atomic E-state index is 13.6. The van der Waals surface area contributed by atoms with Crippen molar-refractivity contribution in [1.29, 1.82) is 0 Å². The van der Waals surface area contributed by atoms with Crippen molar-refractivity contribution in [3.63, 3.8) is 0 Å². The molecule has 10 aliphatic rings. The number of aliphatic hydroxyl groups is 2. The molecule has 4 aromatic rings. The number of morpholine rings is 2. The SMILES string of the molecule is C[C@@H]1[C@@H](C)CCC[C@@](CO)(CN2CCOCC2)[C@@H]2CC[C@H]2CN2C[C@@]3(CCCc4cc(Cl)ccc43)COc3ccc(cc32)C(=O)NS1(=O)=O.C[C@@H]1[C@@H](C)CCC[C@](CO)(CN2CCOCC2)[C@@H]2CC[C@H]2CN2C[C@@]3(CCCc4cc(Cl)ccc43)COc3ccc(cc32)C(=O)NS1(=O)=O. The van der Waals surface area contributed by atoms with Crippen LogP contribution in [-0.4, -0.2) is 177 Å². The van der Waals surface area contributed by atoms with Crippen LogP contribution >= 0.6 is 23.2 Å². The molecule has 2 saturated carbocycles. The summed E-state index contributed by atoms with van der Waals surface area (Å²) in [6.45, 7) is 19.4. The number of carbonyl (C=O) groups excluding carboxylic acids is 2. The first-order valence-corrected chi connectivity index (χ1v) is 40.5. The molecule has 2 amide bonds. The van der Waals surface area contributed by atoms with E-state index in [4.69, 9.17) is 42.1 Å². The molecule has 2 spiro atoms. The number of hydrogen-bond donors (Lipinski definition) is 4. The fourth-order valence-corrected chi connectivity index (χ4v) is 22.1. The molecular weight excluding hydrogens is 1320 g/mol. The third-order valence-electron chi connectivity index (χ3n) is 25.6. The molecule has 22 heteroatoms. The van der Waals surface area contributed by atoms with Gasteiger partial charge in [0.15, 0.2) is 0 Å². The van der Waals surface area contributed by atoms with Gasteiger partial charge in [-0.1, -0.05) is 62.0 Å². The van der Waals surface area contributed by atoms with Crippen LogP contribution in [0.25, 0.3) is 0 Å². The van der Waals surface area contributed by atoms with Gasteiger partial charge in [-0.15, -0.1) is 0 Å². The zero-order valence-electron chi connectivity index (χ0n) is 57.9. The number of carbonyl (C=O) groups is 2. The Balaban J connectivity index is 0.000000176. The minimum atomic E-state index is -3.93. The van der Waals surface area contributed by atoms with Crippen molar-refractivity contribution in [2.75, 3.05) is 128 Å². The second-order valence-electron chi connectivity index (χ2n) is 31.4. The highest BCUT2D eigenvalue weighted by Crippen LogP contribution is 2.55. The summed E-state index contributed by atoms with van der Waals surface area (Å²) in [7, 11) is -7.86. The fourth-order valence-electron chi connectivity index (χ4n) is 19.1. The molecule has 4 bridgehead atoms. The van der Waals surface area contributed by atoms with Gasteiger partial charge in [-0.2, -0.15) is 0 Å². The first-order valence-electron chi connectivity index (χ1n) is 36.6. The van der Waals surface area contributed by atoms with E-state index in [1.54, 1.807) is 26.0 Å². The van der Waals surface area contributed by atoms with E-state index in [-0.39, 0.29) is 46.7 Å². The predicted octanol–water partition coefficient (Wildman–Crippen LogP) is 10.8. The number of benzene rings is 4. The van der Waals surface area contributed by atoms with Gasteiger partial charge in [0.1, 0.15) is 11.5 Å². The van der Waals surface area contributed by atoms with E-state index in [0.29, 0.717) is 112 Å². The highest BCUT2D eigenvalue weighted by Gasteiger charge is 2.53. The largest absolute Gasteiger partial charge is 0.490 e. The fraction of sp³-hybridized carbons (Fsp3) is 0.658. The summed E-state index contributed by atoms with van der Waals surface area (Å²) >= 11 is 12.9. The molecule has 6 aliphatic heterocycles. The second-order valence-corrected chi connectivity index (χ2v) is 36.3. The Kier molecular flexibility index (Phi) is 21.6. The van der Waals surface area contributed by atoms with Crippen LogP contribution in [-0.2, 0) is 53.2 Å². The molecule has 4 fully saturated rings. The van der Waals surface area contributed by atoms with E-state index in [1.165, 1.54) is 22.3 Å². The Morgan fingerprint density at radius 3 is 1.31 bits per heavy atom. The van der Waals surface area contributed by atoms with Gasteiger partial charge in [0, 0.05) is 108 Å². The van der Waals surface area contributed by atoms with E-state index in [9.17, 15) is 36.6 Å². The Bertz CT molecular complexity index is 3540. The lowest BCUT2D eigenvalue weighted by Gasteiger charge is -2.53. The lowest BCUT2D eigenvalue weighted by atomic mass is 9.57. The lowest BCUT2D eigenvalue weighted by molar-refractivity contribution is -0.0697. The number of nitrogens with zero attached hydrogens (tertiary/aromatic N) is 4. The van der Waals surface area contributed by atoms with E-state index in [0.717, 1.165) is 164 Å².